The highest BCUT2D eigenvalue weighted by molar-refractivity contribution is 5.56. The van der Waals surface area contributed by atoms with Gasteiger partial charge in [0.1, 0.15) is 0 Å². The first-order valence-corrected chi connectivity index (χ1v) is 7.32. The molecule has 2 aromatic rings. The molecule has 0 amide bonds. The van der Waals surface area contributed by atoms with E-state index in [1.807, 2.05) is 0 Å². The number of rotatable bonds is 7. The average molecular weight is 268 g/mol. The van der Waals surface area contributed by atoms with E-state index in [0.29, 0.717) is 0 Å². The van der Waals surface area contributed by atoms with Gasteiger partial charge in [0.2, 0.25) is 0 Å². The van der Waals surface area contributed by atoms with Gasteiger partial charge in [-0.1, -0.05) is 48.5 Å². The van der Waals surface area contributed by atoms with Crippen LogP contribution in [0.2, 0.25) is 0 Å². The summed E-state index contributed by atoms with van der Waals surface area (Å²) < 4.78 is 0. The van der Waals surface area contributed by atoms with E-state index in [4.69, 9.17) is 0 Å². The molecule has 0 heterocycles. The summed E-state index contributed by atoms with van der Waals surface area (Å²) in [5.41, 5.74) is 5.27. The molecule has 0 spiro atoms. The smallest absolute Gasteiger partial charge is 0.0399 e. The molecule has 20 heavy (non-hydrogen) atoms. The number of hydrogen-bond acceptors (Lipinski definition) is 2. The van der Waals surface area contributed by atoms with Crippen molar-refractivity contribution in [1.82, 2.24) is 5.32 Å². The summed E-state index contributed by atoms with van der Waals surface area (Å²) >= 11 is 0. The number of hydrogen-bond donors (Lipinski definition) is 2. The van der Waals surface area contributed by atoms with Gasteiger partial charge < -0.3 is 10.6 Å². The molecule has 2 N–H and O–H groups in total. The van der Waals surface area contributed by atoms with E-state index in [1.54, 1.807) is 0 Å². The van der Waals surface area contributed by atoms with Crippen molar-refractivity contribution in [2.45, 2.75) is 26.8 Å². The van der Waals surface area contributed by atoms with Crippen molar-refractivity contribution in [1.29, 1.82) is 0 Å². The van der Waals surface area contributed by atoms with Crippen LogP contribution in [-0.4, -0.2) is 13.1 Å². The zero-order valence-electron chi connectivity index (χ0n) is 12.4. The maximum Gasteiger partial charge on any atom is 0.0399 e. The van der Waals surface area contributed by atoms with Crippen LogP contribution in [0.4, 0.5) is 5.69 Å². The standard InChI is InChI=1S/C18H24N2/c1-15-8-6-9-16(2)18(15)20-13-7-12-19-14-17-10-4-3-5-11-17/h3-6,8-11,19-20H,7,12-14H2,1-2H3. The Hall–Kier alpha value is -1.80. The lowest BCUT2D eigenvalue weighted by molar-refractivity contribution is 0.663. The van der Waals surface area contributed by atoms with Crippen LogP contribution in [0.15, 0.2) is 48.5 Å². The number of nitrogens with one attached hydrogen (secondary N) is 2. The maximum absolute atomic E-state index is 3.54. The minimum atomic E-state index is 0.949. The second-order valence-electron chi connectivity index (χ2n) is 5.21. The minimum Gasteiger partial charge on any atom is -0.385 e. The lowest BCUT2D eigenvalue weighted by Gasteiger charge is -2.12. The lowest BCUT2D eigenvalue weighted by atomic mass is 10.1. The molecule has 0 bridgehead atoms. The van der Waals surface area contributed by atoms with Gasteiger partial charge in [0.15, 0.2) is 0 Å². The Balaban J connectivity index is 1.65. The van der Waals surface area contributed by atoms with Gasteiger partial charge in [-0.25, -0.2) is 0 Å². The fourth-order valence-corrected chi connectivity index (χ4v) is 2.35. The predicted octanol–water partition coefficient (Wildman–Crippen LogP) is 3.90. The van der Waals surface area contributed by atoms with Gasteiger partial charge in [-0.3, -0.25) is 0 Å². The molecule has 2 rings (SSSR count). The second-order valence-corrected chi connectivity index (χ2v) is 5.21. The highest BCUT2D eigenvalue weighted by Crippen LogP contribution is 2.18. The van der Waals surface area contributed by atoms with E-state index in [0.717, 1.165) is 26.1 Å². The van der Waals surface area contributed by atoms with Gasteiger partial charge in [-0.05, 0) is 43.5 Å². The summed E-state index contributed by atoms with van der Waals surface area (Å²) in [4.78, 5) is 0. The fourth-order valence-electron chi connectivity index (χ4n) is 2.35. The van der Waals surface area contributed by atoms with Crippen molar-refractivity contribution >= 4 is 5.69 Å². The van der Waals surface area contributed by atoms with Crippen LogP contribution in [0.25, 0.3) is 0 Å². The van der Waals surface area contributed by atoms with Crippen molar-refractivity contribution in [3.63, 3.8) is 0 Å². The van der Waals surface area contributed by atoms with Crippen LogP contribution in [0.3, 0.4) is 0 Å². The highest BCUT2D eigenvalue weighted by Gasteiger charge is 2.00. The molecule has 0 aliphatic rings. The summed E-state index contributed by atoms with van der Waals surface area (Å²) in [6.45, 7) is 7.30. The van der Waals surface area contributed by atoms with Crippen LogP contribution >= 0.6 is 0 Å². The molecule has 0 fully saturated rings. The van der Waals surface area contributed by atoms with Gasteiger partial charge in [0, 0.05) is 18.8 Å². The van der Waals surface area contributed by atoms with Crippen LogP contribution in [-0.2, 0) is 6.54 Å². The topological polar surface area (TPSA) is 24.1 Å². The SMILES string of the molecule is Cc1cccc(C)c1NCCCNCc1ccccc1. The number of para-hydroxylation sites is 1. The van der Waals surface area contributed by atoms with Crippen molar-refractivity contribution < 1.29 is 0 Å². The van der Waals surface area contributed by atoms with Crippen molar-refractivity contribution in [3.05, 3.63) is 65.2 Å². The maximum atomic E-state index is 3.54. The van der Waals surface area contributed by atoms with E-state index in [9.17, 15) is 0 Å². The summed E-state index contributed by atoms with van der Waals surface area (Å²) in [5.74, 6) is 0. The molecule has 0 saturated heterocycles. The Morgan fingerprint density at radius 3 is 2.20 bits per heavy atom. The molecule has 2 nitrogen and oxygen atoms in total. The normalized spacial score (nSPS) is 10.5. The fraction of sp³-hybridized carbons (Fsp3) is 0.333. The second kappa shape index (κ2) is 7.71. The van der Waals surface area contributed by atoms with Gasteiger partial charge in [0.25, 0.3) is 0 Å². The number of anilines is 1. The van der Waals surface area contributed by atoms with Crippen LogP contribution in [0, 0.1) is 13.8 Å². The van der Waals surface area contributed by atoms with Crippen LogP contribution < -0.4 is 10.6 Å². The zero-order chi connectivity index (χ0) is 14.2. The first kappa shape index (κ1) is 14.6. The molecule has 0 saturated carbocycles. The Kier molecular flexibility index (Phi) is 5.63. The van der Waals surface area contributed by atoms with E-state index in [1.165, 1.54) is 22.4 Å². The Bertz CT molecular complexity index is 500. The van der Waals surface area contributed by atoms with E-state index in [2.05, 4.69) is 73.0 Å². The monoisotopic (exact) mass is 268 g/mol. The first-order chi connectivity index (χ1) is 9.77. The third-order valence-corrected chi connectivity index (χ3v) is 3.49. The van der Waals surface area contributed by atoms with E-state index in [-0.39, 0.29) is 0 Å². The molecule has 0 unspecified atom stereocenters. The molecule has 0 atom stereocenters. The van der Waals surface area contributed by atoms with Gasteiger partial charge in [-0.15, -0.1) is 0 Å². The zero-order valence-corrected chi connectivity index (χ0v) is 12.4. The summed E-state index contributed by atoms with van der Waals surface area (Å²) in [6.07, 6.45) is 1.13. The van der Waals surface area contributed by atoms with Crippen molar-refractivity contribution in [2.75, 3.05) is 18.4 Å². The minimum absolute atomic E-state index is 0.949. The predicted molar refractivity (Wildman–Crippen MR) is 87.2 cm³/mol. The van der Waals surface area contributed by atoms with Gasteiger partial charge in [-0.2, -0.15) is 0 Å². The summed E-state index contributed by atoms with van der Waals surface area (Å²) in [6, 6.07) is 16.9. The van der Waals surface area contributed by atoms with Gasteiger partial charge in [0.05, 0.1) is 0 Å². The molecule has 0 radical (unpaired) electrons. The quantitative estimate of drug-likeness (QED) is 0.744. The Morgan fingerprint density at radius 1 is 0.800 bits per heavy atom. The molecule has 2 heteroatoms. The van der Waals surface area contributed by atoms with Crippen LogP contribution in [0.5, 0.6) is 0 Å². The molecule has 106 valence electrons. The Labute approximate surface area is 122 Å². The highest BCUT2D eigenvalue weighted by atomic mass is 14.9. The largest absolute Gasteiger partial charge is 0.385 e. The number of benzene rings is 2. The average Bonchev–Trinajstić information content (AvgIpc) is 2.46. The van der Waals surface area contributed by atoms with Crippen molar-refractivity contribution in [2.24, 2.45) is 0 Å². The number of aryl methyl sites for hydroxylation is 2. The van der Waals surface area contributed by atoms with E-state index < -0.39 is 0 Å². The molecule has 0 aliphatic carbocycles. The van der Waals surface area contributed by atoms with Gasteiger partial charge >= 0.3 is 0 Å². The Morgan fingerprint density at radius 2 is 1.50 bits per heavy atom. The van der Waals surface area contributed by atoms with Crippen LogP contribution in [0.1, 0.15) is 23.1 Å². The molecule has 0 aromatic heterocycles. The van der Waals surface area contributed by atoms with E-state index >= 15 is 0 Å². The van der Waals surface area contributed by atoms with Crippen molar-refractivity contribution in [3.8, 4) is 0 Å². The molecular formula is C18H24N2. The lowest BCUT2D eigenvalue weighted by Crippen LogP contribution is -2.18. The molecule has 0 aliphatic heterocycles. The summed E-state index contributed by atoms with van der Waals surface area (Å²) in [5, 5.41) is 7.02. The summed E-state index contributed by atoms with van der Waals surface area (Å²) in [7, 11) is 0. The third kappa shape index (κ3) is 4.39. The molecular weight excluding hydrogens is 244 g/mol. The molecule has 2 aromatic carbocycles. The third-order valence-electron chi connectivity index (χ3n) is 3.49. The first-order valence-electron chi connectivity index (χ1n) is 7.32.